The summed E-state index contributed by atoms with van der Waals surface area (Å²) in [5.41, 5.74) is -0.336. The molecule has 0 rings (SSSR count). The van der Waals surface area contributed by atoms with Crippen LogP contribution < -0.4 is 5.32 Å². The van der Waals surface area contributed by atoms with Crippen molar-refractivity contribution in [2.75, 3.05) is 11.5 Å². The first kappa shape index (κ1) is 16.8. The van der Waals surface area contributed by atoms with Crippen LogP contribution in [0.2, 0.25) is 0 Å². The molecule has 18 heavy (non-hydrogen) atoms. The molecule has 1 unspecified atom stereocenters. The van der Waals surface area contributed by atoms with Crippen molar-refractivity contribution in [3.8, 4) is 6.07 Å². The van der Waals surface area contributed by atoms with Crippen molar-refractivity contribution in [3.63, 3.8) is 0 Å². The molecule has 0 aromatic carbocycles. The van der Waals surface area contributed by atoms with Gasteiger partial charge in [0.2, 0.25) is 5.91 Å². The zero-order chi connectivity index (χ0) is 14.2. The first-order valence-electron chi connectivity index (χ1n) is 5.77. The second-order valence-electron chi connectivity index (χ2n) is 4.74. The zero-order valence-electron chi connectivity index (χ0n) is 11.0. The van der Waals surface area contributed by atoms with E-state index in [2.05, 4.69) is 11.4 Å². The number of carbonyl (C=O) groups is 2. The molecule has 102 valence electrons. The van der Waals surface area contributed by atoms with Gasteiger partial charge < -0.3 is 10.4 Å². The lowest BCUT2D eigenvalue weighted by atomic mass is 9.93. The molecule has 6 heteroatoms. The molecular weight excluding hydrogens is 252 g/mol. The minimum atomic E-state index is -1.01. The molecule has 5 nitrogen and oxygen atoms in total. The highest BCUT2D eigenvalue weighted by Gasteiger charge is 2.19. The summed E-state index contributed by atoms with van der Waals surface area (Å²) < 4.78 is 0. The van der Waals surface area contributed by atoms with Crippen LogP contribution in [0.4, 0.5) is 0 Å². The van der Waals surface area contributed by atoms with Crippen molar-refractivity contribution in [1.82, 2.24) is 5.32 Å². The fourth-order valence-corrected chi connectivity index (χ4v) is 2.45. The van der Waals surface area contributed by atoms with Crippen molar-refractivity contribution in [2.45, 2.75) is 39.7 Å². The van der Waals surface area contributed by atoms with Crippen LogP contribution in [-0.2, 0) is 9.59 Å². The van der Waals surface area contributed by atoms with Gasteiger partial charge in [0.25, 0.3) is 0 Å². The largest absolute Gasteiger partial charge is 0.480 e. The second-order valence-corrected chi connectivity index (χ2v) is 5.96. The SMILES string of the molecule is CC(=O)NC(CCSCCC(C)(C)C#N)C(=O)O. The molecule has 1 atom stereocenters. The van der Waals surface area contributed by atoms with Gasteiger partial charge in [0.05, 0.1) is 11.5 Å². The maximum Gasteiger partial charge on any atom is 0.326 e. The van der Waals surface area contributed by atoms with E-state index in [0.717, 1.165) is 12.2 Å². The molecule has 0 aliphatic heterocycles. The van der Waals surface area contributed by atoms with Crippen molar-refractivity contribution >= 4 is 23.6 Å². The Labute approximate surface area is 112 Å². The fraction of sp³-hybridized carbons (Fsp3) is 0.750. The summed E-state index contributed by atoms with van der Waals surface area (Å²) in [7, 11) is 0. The Bertz CT molecular complexity index is 337. The average Bonchev–Trinajstić information content (AvgIpc) is 2.26. The van der Waals surface area contributed by atoms with E-state index in [1.165, 1.54) is 6.92 Å². The third kappa shape index (κ3) is 7.96. The Morgan fingerprint density at radius 2 is 2.06 bits per heavy atom. The third-order valence-electron chi connectivity index (χ3n) is 2.40. The van der Waals surface area contributed by atoms with Gasteiger partial charge in [0.15, 0.2) is 0 Å². The van der Waals surface area contributed by atoms with Gasteiger partial charge in [-0.15, -0.1) is 0 Å². The topological polar surface area (TPSA) is 90.2 Å². The van der Waals surface area contributed by atoms with Gasteiger partial charge in [-0.2, -0.15) is 17.0 Å². The van der Waals surface area contributed by atoms with Gasteiger partial charge >= 0.3 is 5.97 Å². The van der Waals surface area contributed by atoms with Crippen LogP contribution in [0, 0.1) is 16.7 Å². The number of nitriles is 1. The summed E-state index contributed by atoms with van der Waals surface area (Å²) in [6, 6.07) is 1.40. The van der Waals surface area contributed by atoms with Crippen LogP contribution in [0.1, 0.15) is 33.6 Å². The predicted molar refractivity (Wildman–Crippen MR) is 71.2 cm³/mol. The molecular formula is C12H20N2O3S. The number of hydrogen-bond donors (Lipinski definition) is 2. The summed E-state index contributed by atoms with van der Waals surface area (Å²) in [4.78, 5) is 21.6. The van der Waals surface area contributed by atoms with Crippen LogP contribution in [0.5, 0.6) is 0 Å². The number of rotatable bonds is 8. The third-order valence-corrected chi connectivity index (χ3v) is 3.42. The summed E-state index contributed by atoms with van der Waals surface area (Å²) in [6.45, 7) is 5.06. The highest BCUT2D eigenvalue weighted by Crippen LogP contribution is 2.21. The van der Waals surface area contributed by atoms with Gasteiger partial charge in [0.1, 0.15) is 6.04 Å². The maximum absolute atomic E-state index is 10.8. The van der Waals surface area contributed by atoms with E-state index in [1.807, 2.05) is 13.8 Å². The Morgan fingerprint density at radius 3 is 2.50 bits per heavy atom. The highest BCUT2D eigenvalue weighted by atomic mass is 32.2. The van der Waals surface area contributed by atoms with Crippen molar-refractivity contribution in [2.24, 2.45) is 5.41 Å². The number of nitrogens with one attached hydrogen (secondary N) is 1. The molecule has 0 fully saturated rings. The molecule has 0 bridgehead atoms. The number of amides is 1. The average molecular weight is 272 g/mol. The molecule has 2 N–H and O–H groups in total. The fourth-order valence-electron chi connectivity index (χ4n) is 1.19. The Kier molecular flexibility index (Phi) is 7.44. The number of thioether (sulfide) groups is 1. The summed E-state index contributed by atoms with van der Waals surface area (Å²) in [6.07, 6.45) is 1.17. The van der Waals surface area contributed by atoms with Crippen LogP contribution in [0.3, 0.4) is 0 Å². The number of carboxylic acid groups (broad SMARTS) is 1. The lowest BCUT2D eigenvalue weighted by Gasteiger charge is -2.15. The van der Waals surface area contributed by atoms with Crippen LogP contribution in [0.15, 0.2) is 0 Å². The van der Waals surface area contributed by atoms with Crippen LogP contribution in [-0.4, -0.2) is 34.5 Å². The van der Waals surface area contributed by atoms with Gasteiger partial charge in [-0.3, -0.25) is 4.79 Å². The lowest BCUT2D eigenvalue weighted by Crippen LogP contribution is -2.39. The quantitative estimate of drug-likeness (QED) is 0.655. The van der Waals surface area contributed by atoms with E-state index < -0.39 is 12.0 Å². The molecule has 0 heterocycles. The normalized spacial score (nSPS) is 12.6. The summed E-state index contributed by atoms with van der Waals surface area (Å²) >= 11 is 1.60. The Morgan fingerprint density at radius 1 is 1.44 bits per heavy atom. The van der Waals surface area contributed by atoms with E-state index in [9.17, 15) is 9.59 Å². The van der Waals surface area contributed by atoms with Crippen molar-refractivity contribution in [1.29, 1.82) is 5.26 Å². The summed E-state index contributed by atoms with van der Waals surface area (Å²) in [5.74, 6) is 0.118. The predicted octanol–water partition coefficient (Wildman–Crippen LogP) is 1.64. The molecule has 0 aliphatic rings. The molecule has 0 aromatic rings. The van der Waals surface area contributed by atoms with Gasteiger partial charge in [-0.05, 0) is 38.2 Å². The summed E-state index contributed by atoms with van der Waals surface area (Å²) in [5, 5.41) is 20.1. The second kappa shape index (κ2) is 7.98. The lowest BCUT2D eigenvalue weighted by molar-refractivity contribution is -0.141. The minimum absolute atomic E-state index is 0.335. The van der Waals surface area contributed by atoms with Crippen LogP contribution >= 0.6 is 11.8 Å². The standard InChI is InChI=1S/C12H20N2O3S/c1-9(15)14-10(11(16)17)4-6-18-7-5-12(2,3)8-13/h10H,4-7H2,1-3H3,(H,14,15)(H,16,17). The van der Waals surface area contributed by atoms with Crippen LogP contribution in [0.25, 0.3) is 0 Å². The molecule has 0 spiro atoms. The Balaban J connectivity index is 3.85. The van der Waals surface area contributed by atoms with E-state index >= 15 is 0 Å². The first-order valence-corrected chi connectivity index (χ1v) is 6.93. The number of nitrogens with zero attached hydrogens (tertiary/aromatic N) is 1. The molecule has 0 saturated heterocycles. The smallest absolute Gasteiger partial charge is 0.326 e. The number of carboxylic acids is 1. The number of aliphatic carboxylic acids is 1. The number of hydrogen-bond acceptors (Lipinski definition) is 4. The van der Waals surface area contributed by atoms with E-state index in [1.54, 1.807) is 11.8 Å². The first-order chi connectivity index (χ1) is 8.28. The van der Waals surface area contributed by atoms with Crippen molar-refractivity contribution in [3.05, 3.63) is 0 Å². The molecule has 0 radical (unpaired) electrons. The minimum Gasteiger partial charge on any atom is -0.480 e. The number of carbonyl (C=O) groups excluding carboxylic acids is 1. The van der Waals surface area contributed by atoms with Crippen molar-refractivity contribution < 1.29 is 14.7 Å². The highest BCUT2D eigenvalue weighted by molar-refractivity contribution is 7.99. The van der Waals surface area contributed by atoms with E-state index in [4.69, 9.17) is 10.4 Å². The van der Waals surface area contributed by atoms with E-state index in [0.29, 0.717) is 12.2 Å². The van der Waals surface area contributed by atoms with Gasteiger partial charge in [-0.1, -0.05) is 0 Å². The Hall–Kier alpha value is -1.22. The molecule has 0 saturated carbocycles. The van der Waals surface area contributed by atoms with E-state index in [-0.39, 0.29) is 11.3 Å². The molecule has 0 aliphatic carbocycles. The maximum atomic E-state index is 10.8. The molecule has 1 amide bonds. The molecule has 0 aromatic heterocycles. The van der Waals surface area contributed by atoms with Gasteiger partial charge in [-0.25, -0.2) is 4.79 Å². The zero-order valence-corrected chi connectivity index (χ0v) is 11.8. The monoisotopic (exact) mass is 272 g/mol. The van der Waals surface area contributed by atoms with Gasteiger partial charge in [0, 0.05) is 6.92 Å².